The molecule has 0 spiro atoms. The molecule has 0 bridgehead atoms. The molecule has 0 heterocycles. The van der Waals surface area contributed by atoms with Crippen molar-refractivity contribution < 1.29 is 0 Å². The molecule has 0 aliphatic rings. The lowest BCUT2D eigenvalue weighted by atomic mass is 10.3. The molecular weight excluding hydrogens is 110 g/mol. The number of nitrogens with two attached hydrogens (primary N) is 1. The summed E-state index contributed by atoms with van der Waals surface area (Å²) in [6.07, 6.45) is 10.6. The van der Waals surface area contributed by atoms with Crippen LogP contribution in [0.25, 0.3) is 0 Å². The van der Waals surface area contributed by atoms with Gasteiger partial charge in [-0.25, -0.2) is 0 Å². The predicted octanol–water partition coefficient (Wildman–Crippen LogP) is 1.86. The molecule has 0 fully saturated rings. The summed E-state index contributed by atoms with van der Waals surface area (Å²) in [5, 5.41) is 0. The van der Waals surface area contributed by atoms with Crippen molar-refractivity contribution >= 4 is 0 Å². The van der Waals surface area contributed by atoms with Crippen LogP contribution in [0.5, 0.6) is 0 Å². The molecule has 0 aliphatic carbocycles. The SMILES string of the molecule is C/C=C/CC/C=C/CN. The summed E-state index contributed by atoms with van der Waals surface area (Å²) in [4.78, 5) is 0. The van der Waals surface area contributed by atoms with Crippen LogP contribution in [0.2, 0.25) is 0 Å². The van der Waals surface area contributed by atoms with Gasteiger partial charge in [-0.05, 0) is 19.8 Å². The molecule has 0 atom stereocenters. The van der Waals surface area contributed by atoms with Crippen LogP contribution in [0.15, 0.2) is 24.3 Å². The van der Waals surface area contributed by atoms with Gasteiger partial charge in [0.2, 0.25) is 0 Å². The third-order valence-corrected chi connectivity index (χ3v) is 1.04. The Bertz CT molecular complexity index is 92.7. The van der Waals surface area contributed by atoms with Crippen LogP contribution < -0.4 is 5.73 Å². The van der Waals surface area contributed by atoms with Gasteiger partial charge in [-0.3, -0.25) is 0 Å². The van der Waals surface area contributed by atoms with E-state index in [0.29, 0.717) is 6.54 Å². The van der Waals surface area contributed by atoms with Crippen LogP contribution in [-0.4, -0.2) is 6.54 Å². The van der Waals surface area contributed by atoms with Crippen molar-refractivity contribution in [1.82, 2.24) is 0 Å². The number of rotatable bonds is 4. The normalized spacial score (nSPS) is 11.8. The highest BCUT2D eigenvalue weighted by Crippen LogP contribution is 1.90. The van der Waals surface area contributed by atoms with E-state index in [-0.39, 0.29) is 0 Å². The van der Waals surface area contributed by atoms with Gasteiger partial charge < -0.3 is 5.73 Å². The van der Waals surface area contributed by atoms with Gasteiger partial charge in [0.1, 0.15) is 0 Å². The summed E-state index contributed by atoms with van der Waals surface area (Å²) >= 11 is 0. The fraction of sp³-hybridized carbons (Fsp3) is 0.500. The largest absolute Gasteiger partial charge is 0.327 e. The smallest absolute Gasteiger partial charge is 0.0106 e. The maximum Gasteiger partial charge on any atom is 0.0106 e. The van der Waals surface area contributed by atoms with E-state index in [0.717, 1.165) is 12.8 Å². The number of allylic oxidation sites excluding steroid dienone is 3. The molecule has 52 valence electrons. The Morgan fingerprint density at radius 2 is 1.78 bits per heavy atom. The highest BCUT2D eigenvalue weighted by atomic mass is 14.5. The van der Waals surface area contributed by atoms with Crippen LogP contribution in [0.4, 0.5) is 0 Å². The van der Waals surface area contributed by atoms with E-state index in [4.69, 9.17) is 5.73 Å². The highest BCUT2D eigenvalue weighted by molar-refractivity contribution is 4.86. The van der Waals surface area contributed by atoms with Crippen molar-refractivity contribution in [3.8, 4) is 0 Å². The fourth-order valence-electron chi connectivity index (χ4n) is 0.573. The zero-order valence-electron chi connectivity index (χ0n) is 6.01. The third-order valence-electron chi connectivity index (χ3n) is 1.04. The lowest BCUT2D eigenvalue weighted by molar-refractivity contribution is 1.04. The van der Waals surface area contributed by atoms with Crippen molar-refractivity contribution in [2.24, 2.45) is 5.73 Å². The van der Waals surface area contributed by atoms with E-state index in [1.165, 1.54) is 0 Å². The van der Waals surface area contributed by atoms with Crippen LogP contribution in [0.1, 0.15) is 19.8 Å². The Hall–Kier alpha value is -0.560. The Kier molecular flexibility index (Phi) is 6.98. The van der Waals surface area contributed by atoms with Gasteiger partial charge in [0.05, 0.1) is 0 Å². The summed E-state index contributed by atoms with van der Waals surface area (Å²) < 4.78 is 0. The zero-order chi connectivity index (χ0) is 6.95. The average Bonchev–Trinajstić information content (AvgIpc) is 1.89. The average molecular weight is 125 g/mol. The minimum absolute atomic E-state index is 0.663. The van der Waals surface area contributed by atoms with Crippen LogP contribution in [0.3, 0.4) is 0 Å². The summed E-state index contributed by atoms with van der Waals surface area (Å²) in [6, 6.07) is 0. The van der Waals surface area contributed by atoms with Crippen LogP contribution in [0, 0.1) is 0 Å². The lowest BCUT2D eigenvalue weighted by Gasteiger charge is -1.83. The zero-order valence-corrected chi connectivity index (χ0v) is 6.01. The number of hydrogen-bond acceptors (Lipinski definition) is 1. The summed E-state index contributed by atoms with van der Waals surface area (Å²) in [7, 11) is 0. The third kappa shape index (κ3) is 7.44. The highest BCUT2D eigenvalue weighted by Gasteiger charge is 1.72. The lowest BCUT2D eigenvalue weighted by Crippen LogP contribution is -1.91. The molecule has 1 heteroatoms. The molecule has 0 saturated carbocycles. The molecule has 1 nitrogen and oxygen atoms in total. The van der Waals surface area contributed by atoms with E-state index >= 15 is 0 Å². The first kappa shape index (κ1) is 8.44. The van der Waals surface area contributed by atoms with Crippen molar-refractivity contribution in [2.75, 3.05) is 6.54 Å². The van der Waals surface area contributed by atoms with Crippen LogP contribution >= 0.6 is 0 Å². The summed E-state index contributed by atoms with van der Waals surface area (Å²) in [6.45, 7) is 2.70. The summed E-state index contributed by atoms with van der Waals surface area (Å²) in [5.74, 6) is 0. The Balaban J connectivity index is 2.99. The standard InChI is InChI=1S/C8H15N/c1-2-3-4-5-6-7-8-9/h2-3,6-7H,4-5,8-9H2,1H3/b3-2+,7-6+. The second-order valence-electron chi connectivity index (χ2n) is 1.85. The maximum absolute atomic E-state index is 5.24. The monoisotopic (exact) mass is 125 g/mol. The second-order valence-corrected chi connectivity index (χ2v) is 1.85. The second kappa shape index (κ2) is 7.44. The predicted molar refractivity (Wildman–Crippen MR) is 42.2 cm³/mol. The Morgan fingerprint density at radius 1 is 1.11 bits per heavy atom. The fourth-order valence-corrected chi connectivity index (χ4v) is 0.573. The molecule has 2 N–H and O–H groups in total. The van der Waals surface area contributed by atoms with Crippen LogP contribution in [-0.2, 0) is 0 Å². The molecule has 0 aromatic rings. The molecule has 9 heavy (non-hydrogen) atoms. The van der Waals surface area contributed by atoms with Gasteiger partial charge in [0, 0.05) is 6.54 Å². The molecule has 0 rings (SSSR count). The first-order valence-electron chi connectivity index (χ1n) is 3.38. The van der Waals surface area contributed by atoms with Gasteiger partial charge in [0.15, 0.2) is 0 Å². The molecule has 0 aromatic heterocycles. The number of unbranched alkanes of at least 4 members (excludes halogenated alkanes) is 1. The van der Waals surface area contributed by atoms with E-state index in [1.54, 1.807) is 0 Å². The molecule has 0 saturated heterocycles. The molecule has 0 unspecified atom stereocenters. The molecule has 0 aliphatic heterocycles. The Labute approximate surface area is 57.3 Å². The number of hydrogen-bond donors (Lipinski definition) is 1. The van der Waals surface area contributed by atoms with Gasteiger partial charge in [-0.2, -0.15) is 0 Å². The maximum atomic E-state index is 5.24. The van der Waals surface area contributed by atoms with Crippen molar-refractivity contribution in [3.05, 3.63) is 24.3 Å². The molecule has 0 radical (unpaired) electrons. The minimum Gasteiger partial charge on any atom is -0.327 e. The van der Waals surface area contributed by atoms with Gasteiger partial charge >= 0.3 is 0 Å². The molecular formula is C8H15N. The first-order chi connectivity index (χ1) is 4.41. The topological polar surface area (TPSA) is 26.0 Å². The van der Waals surface area contributed by atoms with Gasteiger partial charge in [0.25, 0.3) is 0 Å². The first-order valence-corrected chi connectivity index (χ1v) is 3.38. The van der Waals surface area contributed by atoms with Crippen molar-refractivity contribution in [3.63, 3.8) is 0 Å². The van der Waals surface area contributed by atoms with E-state index in [9.17, 15) is 0 Å². The molecule has 0 amide bonds. The quantitative estimate of drug-likeness (QED) is 0.450. The van der Waals surface area contributed by atoms with Gasteiger partial charge in [-0.1, -0.05) is 24.3 Å². The minimum atomic E-state index is 0.663. The Morgan fingerprint density at radius 3 is 2.33 bits per heavy atom. The van der Waals surface area contributed by atoms with Crippen molar-refractivity contribution in [2.45, 2.75) is 19.8 Å². The molecule has 0 aromatic carbocycles. The van der Waals surface area contributed by atoms with E-state index < -0.39 is 0 Å². The van der Waals surface area contributed by atoms with E-state index in [1.807, 2.05) is 13.0 Å². The van der Waals surface area contributed by atoms with Crippen molar-refractivity contribution in [1.29, 1.82) is 0 Å². The van der Waals surface area contributed by atoms with Gasteiger partial charge in [-0.15, -0.1) is 0 Å². The van der Waals surface area contributed by atoms with E-state index in [2.05, 4.69) is 18.2 Å². The summed E-state index contributed by atoms with van der Waals surface area (Å²) in [5.41, 5.74) is 5.24.